The Morgan fingerprint density at radius 1 is 1.32 bits per heavy atom. The molecular weight excluding hydrogens is 236 g/mol. The lowest BCUT2D eigenvalue weighted by Crippen LogP contribution is -2.37. The maximum Gasteiger partial charge on any atom is 0.251 e. The smallest absolute Gasteiger partial charge is 0.251 e. The molecule has 3 nitrogen and oxygen atoms in total. The third-order valence-corrected chi connectivity index (χ3v) is 4.86. The summed E-state index contributed by atoms with van der Waals surface area (Å²) in [7, 11) is 0. The maximum absolute atomic E-state index is 12.3. The number of nitrogens with one attached hydrogen (secondary N) is 2. The van der Waals surface area contributed by atoms with Gasteiger partial charge in [0.2, 0.25) is 0 Å². The second-order valence-corrected chi connectivity index (χ2v) is 6.04. The monoisotopic (exact) mass is 258 g/mol. The molecule has 1 fully saturated rings. The van der Waals surface area contributed by atoms with Gasteiger partial charge in [-0.25, -0.2) is 0 Å². The number of benzene rings is 1. The number of carbonyl (C=O) groups is 1. The van der Waals surface area contributed by atoms with E-state index in [1.807, 2.05) is 12.1 Å². The fourth-order valence-electron chi connectivity index (χ4n) is 3.25. The summed E-state index contributed by atoms with van der Waals surface area (Å²) in [6, 6.07) is 6.35. The number of hydrogen-bond donors (Lipinski definition) is 2. The minimum atomic E-state index is 0.0717. The van der Waals surface area contributed by atoms with Gasteiger partial charge in [-0.1, -0.05) is 19.9 Å². The van der Waals surface area contributed by atoms with E-state index in [0.29, 0.717) is 17.9 Å². The Labute approximate surface area is 114 Å². The number of hydrogen-bond acceptors (Lipinski definition) is 2. The summed E-state index contributed by atoms with van der Waals surface area (Å²) in [4.78, 5) is 12.3. The van der Waals surface area contributed by atoms with Crippen LogP contribution in [0.1, 0.15) is 42.6 Å². The molecule has 19 heavy (non-hydrogen) atoms. The quantitative estimate of drug-likeness (QED) is 0.856. The first-order valence-corrected chi connectivity index (χ1v) is 7.33. The molecule has 2 N–H and O–H groups in total. The van der Waals surface area contributed by atoms with Crippen LogP contribution >= 0.6 is 0 Å². The van der Waals surface area contributed by atoms with E-state index >= 15 is 0 Å². The normalized spacial score (nSPS) is 28.8. The van der Waals surface area contributed by atoms with Crippen molar-refractivity contribution >= 4 is 11.6 Å². The molecule has 3 atom stereocenters. The van der Waals surface area contributed by atoms with Crippen LogP contribution in [0.5, 0.6) is 0 Å². The number of rotatable bonds is 2. The van der Waals surface area contributed by atoms with Crippen LogP contribution in [0.25, 0.3) is 0 Å². The average molecular weight is 258 g/mol. The lowest BCUT2D eigenvalue weighted by atomic mass is 9.97. The molecule has 1 aliphatic heterocycles. The molecule has 0 radical (unpaired) electrons. The Bertz CT molecular complexity index is 498. The molecule has 1 aromatic carbocycles. The highest BCUT2D eigenvalue weighted by atomic mass is 16.1. The second-order valence-electron chi connectivity index (χ2n) is 6.04. The molecule has 102 valence electrons. The fourth-order valence-corrected chi connectivity index (χ4v) is 3.25. The van der Waals surface area contributed by atoms with Gasteiger partial charge in [0, 0.05) is 23.8 Å². The molecule has 0 aromatic heterocycles. The summed E-state index contributed by atoms with van der Waals surface area (Å²) < 4.78 is 0. The lowest BCUT2D eigenvalue weighted by molar-refractivity contribution is 0.0927. The van der Waals surface area contributed by atoms with E-state index in [4.69, 9.17) is 0 Å². The van der Waals surface area contributed by atoms with Crippen molar-refractivity contribution in [1.29, 1.82) is 0 Å². The number of amides is 1. The average Bonchev–Trinajstić information content (AvgIpc) is 2.99. The Morgan fingerprint density at radius 3 is 2.89 bits per heavy atom. The summed E-state index contributed by atoms with van der Waals surface area (Å²) in [6.45, 7) is 5.50. The van der Waals surface area contributed by atoms with Gasteiger partial charge in [-0.2, -0.15) is 0 Å². The topological polar surface area (TPSA) is 41.1 Å². The number of carbonyl (C=O) groups excluding carboxylic acids is 1. The van der Waals surface area contributed by atoms with Crippen LogP contribution in [0.15, 0.2) is 18.2 Å². The van der Waals surface area contributed by atoms with Crippen molar-refractivity contribution in [3.05, 3.63) is 29.3 Å². The van der Waals surface area contributed by atoms with Crippen molar-refractivity contribution in [2.45, 2.75) is 39.2 Å². The zero-order valence-corrected chi connectivity index (χ0v) is 11.7. The van der Waals surface area contributed by atoms with Crippen LogP contribution in [0.4, 0.5) is 5.69 Å². The molecule has 0 bridgehead atoms. The van der Waals surface area contributed by atoms with Crippen molar-refractivity contribution in [2.75, 3.05) is 11.9 Å². The Morgan fingerprint density at radius 2 is 2.16 bits per heavy atom. The van der Waals surface area contributed by atoms with Crippen LogP contribution in [0, 0.1) is 11.8 Å². The summed E-state index contributed by atoms with van der Waals surface area (Å²) in [5.41, 5.74) is 3.22. The minimum Gasteiger partial charge on any atom is -0.384 e. The van der Waals surface area contributed by atoms with E-state index in [1.165, 1.54) is 12.0 Å². The Kier molecular flexibility index (Phi) is 3.21. The van der Waals surface area contributed by atoms with Gasteiger partial charge in [0.1, 0.15) is 0 Å². The first-order chi connectivity index (χ1) is 9.15. The zero-order valence-electron chi connectivity index (χ0n) is 11.7. The van der Waals surface area contributed by atoms with Crippen molar-refractivity contribution in [2.24, 2.45) is 11.8 Å². The van der Waals surface area contributed by atoms with E-state index in [0.717, 1.165) is 30.6 Å². The predicted molar refractivity (Wildman–Crippen MR) is 77.5 cm³/mol. The standard InChI is InChI=1S/C16H22N2O/c1-10-3-6-14(11(10)2)18-16(19)13-5-4-12-7-8-17-15(12)9-13/h4-5,9-11,14,17H,3,6-8H2,1-2H3,(H,18,19). The zero-order chi connectivity index (χ0) is 13.4. The third-order valence-electron chi connectivity index (χ3n) is 4.86. The SMILES string of the molecule is CC1CCC(NC(=O)c2ccc3c(c2)NCC3)C1C. The van der Waals surface area contributed by atoms with E-state index in [2.05, 4.69) is 30.5 Å². The molecule has 1 aromatic rings. The van der Waals surface area contributed by atoms with Crippen molar-refractivity contribution < 1.29 is 4.79 Å². The van der Waals surface area contributed by atoms with Gasteiger partial charge in [0.15, 0.2) is 0 Å². The van der Waals surface area contributed by atoms with E-state index in [1.54, 1.807) is 0 Å². The van der Waals surface area contributed by atoms with Gasteiger partial charge in [-0.3, -0.25) is 4.79 Å². The first-order valence-electron chi connectivity index (χ1n) is 7.33. The summed E-state index contributed by atoms with van der Waals surface area (Å²) in [5, 5.41) is 6.52. The second kappa shape index (κ2) is 4.87. The molecule has 2 aliphatic rings. The van der Waals surface area contributed by atoms with Crippen molar-refractivity contribution in [3.63, 3.8) is 0 Å². The molecule has 0 spiro atoms. The molecule has 1 heterocycles. The Hall–Kier alpha value is -1.51. The van der Waals surface area contributed by atoms with E-state index in [-0.39, 0.29) is 5.91 Å². The van der Waals surface area contributed by atoms with Gasteiger partial charge in [0.25, 0.3) is 5.91 Å². The predicted octanol–water partition coefficient (Wildman–Crippen LogP) is 2.82. The number of fused-ring (bicyclic) bond motifs is 1. The van der Waals surface area contributed by atoms with Gasteiger partial charge < -0.3 is 10.6 Å². The highest BCUT2D eigenvalue weighted by Gasteiger charge is 2.31. The molecule has 1 aliphatic carbocycles. The highest BCUT2D eigenvalue weighted by molar-refractivity contribution is 5.95. The minimum absolute atomic E-state index is 0.0717. The van der Waals surface area contributed by atoms with Crippen molar-refractivity contribution in [1.82, 2.24) is 5.32 Å². The molecule has 0 saturated heterocycles. The first kappa shape index (κ1) is 12.5. The molecule has 3 heteroatoms. The third kappa shape index (κ3) is 2.34. The largest absolute Gasteiger partial charge is 0.384 e. The van der Waals surface area contributed by atoms with Crippen molar-refractivity contribution in [3.8, 4) is 0 Å². The maximum atomic E-state index is 12.3. The van der Waals surface area contributed by atoms with Crippen LogP contribution in [0.3, 0.4) is 0 Å². The van der Waals surface area contributed by atoms with Crippen LogP contribution in [-0.4, -0.2) is 18.5 Å². The highest BCUT2D eigenvalue weighted by Crippen LogP contribution is 2.31. The van der Waals surface area contributed by atoms with Gasteiger partial charge >= 0.3 is 0 Å². The molecule has 1 amide bonds. The molecular formula is C16H22N2O. The molecule has 3 unspecified atom stereocenters. The summed E-state index contributed by atoms with van der Waals surface area (Å²) in [5.74, 6) is 1.37. The molecule has 1 saturated carbocycles. The Balaban J connectivity index is 1.71. The number of anilines is 1. The van der Waals surface area contributed by atoms with E-state index < -0.39 is 0 Å². The van der Waals surface area contributed by atoms with Crippen LogP contribution < -0.4 is 10.6 Å². The van der Waals surface area contributed by atoms with Gasteiger partial charge in [-0.05, 0) is 48.8 Å². The van der Waals surface area contributed by atoms with Crippen LogP contribution in [0.2, 0.25) is 0 Å². The summed E-state index contributed by atoms with van der Waals surface area (Å²) in [6.07, 6.45) is 3.39. The van der Waals surface area contributed by atoms with Crippen LogP contribution in [-0.2, 0) is 6.42 Å². The molecule has 3 rings (SSSR count). The van der Waals surface area contributed by atoms with Gasteiger partial charge in [-0.15, -0.1) is 0 Å². The van der Waals surface area contributed by atoms with E-state index in [9.17, 15) is 4.79 Å². The fraction of sp³-hybridized carbons (Fsp3) is 0.562. The summed E-state index contributed by atoms with van der Waals surface area (Å²) >= 11 is 0. The van der Waals surface area contributed by atoms with Gasteiger partial charge in [0.05, 0.1) is 0 Å². The lowest BCUT2D eigenvalue weighted by Gasteiger charge is -2.19.